The monoisotopic (exact) mass is 186 g/mol. The molecule has 0 N–H and O–H groups in total. The third kappa shape index (κ3) is 3.61. The summed E-state index contributed by atoms with van der Waals surface area (Å²) in [6, 6.07) is 8.45. The average molecular weight is 186 g/mol. The molecule has 0 aliphatic rings. The molecule has 0 unspecified atom stereocenters. The highest BCUT2D eigenvalue weighted by Crippen LogP contribution is 2.09. The highest BCUT2D eigenvalue weighted by atomic mass is 13.9. The van der Waals surface area contributed by atoms with Crippen LogP contribution in [0.2, 0.25) is 0 Å². The van der Waals surface area contributed by atoms with Crippen LogP contribution in [0, 0.1) is 6.92 Å². The van der Waals surface area contributed by atoms with Crippen molar-refractivity contribution in [3.63, 3.8) is 0 Å². The Balaban J connectivity index is 2.43. The van der Waals surface area contributed by atoms with Crippen molar-refractivity contribution < 1.29 is 0 Å². The summed E-state index contributed by atoms with van der Waals surface area (Å²) in [5.41, 5.74) is 2.67. The molecular weight excluding hydrogens is 168 g/mol. The van der Waals surface area contributed by atoms with Gasteiger partial charge in [-0.25, -0.2) is 0 Å². The fourth-order valence-corrected chi connectivity index (χ4v) is 1.36. The molecule has 0 nitrogen and oxygen atoms in total. The van der Waals surface area contributed by atoms with Crippen molar-refractivity contribution in [1.29, 1.82) is 0 Å². The second kappa shape index (κ2) is 6.20. The maximum absolute atomic E-state index is 3.71. The van der Waals surface area contributed by atoms with E-state index >= 15 is 0 Å². The van der Waals surface area contributed by atoms with Crippen molar-refractivity contribution in [2.75, 3.05) is 0 Å². The summed E-state index contributed by atoms with van der Waals surface area (Å²) in [4.78, 5) is 0. The molecule has 0 saturated carbocycles. The Kier molecular flexibility index (Phi) is 4.77. The molecule has 74 valence electrons. The quantitative estimate of drug-likeness (QED) is 0.473. The zero-order chi connectivity index (χ0) is 10.2. The van der Waals surface area contributed by atoms with Crippen LogP contribution in [0.4, 0.5) is 0 Å². The molecule has 0 aliphatic heterocycles. The van der Waals surface area contributed by atoms with Crippen LogP contribution in [-0.2, 0) is 0 Å². The molecule has 0 amide bonds. The molecule has 0 heteroatoms. The summed E-state index contributed by atoms with van der Waals surface area (Å²) >= 11 is 0. The Bertz CT molecular complexity index is 308. The lowest BCUT2D eigenvalue weighted by molar-refractivity contribution is 0.872. The predicted molar refractivity (Wildman–Crippen MR) is 64.3 cm³/mol. The molecule has 1 rings (SSSR count). The topological polar surface area (TPSA) is 0 Å². The molecule has 14 heavy (non-hydrogen) atoms. The van der Waals surface area contributed by atoms with Gasteiger partial charge in [-0.3, -0.25) is 0 Å². The highest BCUT2D eigenvalue weighted by Gasteiger charge is 1.89. The van der Waals surface area contributed by atoms with Crippen molar-refractivity contribution in [1.82, 2.24) is 0 Å². The summed E-state index contributed by atoms with van der Waals surface area (Å²) < 4.78 is 0. The Hall–Kier alpha value is -1.30. The van der Waals surface area contributed by atoms with Gasteiger partial charge in [-0.1, -0.05) is 42.5 Å². The zero-order valence-electron chi connectivity index (χ0n) is 8.87. The molecular formula is C14H18. The summed E-state index contributed by atoms with van der Waals surface area (Å²) in [6.45, 7) is 5.85. The first-order valence-corrected chi connectivity index (χ1v) is 5.17. The summed E-state index contributed by atoms with van der Waals surface area (Å²) in [6.07, 6.45) is 9.87. The van der Waals surface area contributed by atoms with Crippen LogP contribution in [-0.4, -0.2) is 0 Å². The van der Waals surface area contributed by atoms with Gasteiger partial charge in [-0.15, -0.1) is 6.58 Å². The van der Waals surface area contributed by atoms with E-state index in [1.54, 1.807) is 0 Å². The molecule has 0 aromatic heterocycles. The lowest BCUT2D eigenvalue weighted by Crippen LogP contribution is -1.77. The minimum Gasteiger partial charge on any atom is -0.103 e. The van der Waals surface area contributed by atoms with Gasteiger partial charge in [-0.05, 0) is 37.3 Å². The van der Waals surface area contributed by atoms with E-state index in [0.717, 1.165) is 12.8 Å². The molecule has 0 bridgehead atoms. The fourth-order valence-electron chi connectivity index (χ4n) is 1.36. The second-order valence-corrected chi connectivity index (χ2v) is 3.48. The van der Waals surface area contributed by atoms with Crippen LogP contribution in [0.1, 0.15) is 30.4 Å². The van der Waals surface area contributed by atoms with Crippen molar-refractivity contribution in [3.8, 4) is 0 Å². The van der Waals surface area contributed by atoms with Gasteiger partial charge in [0.2, 0.25) is 0 Å². The minimum atomic E-state index is 1.11. The molecule has 0 saturated heterocycles. The van der Waals surface area contributed by atoms with Gasteiger partial charge in [0, 0.05) is 0 Å². The molecule has 0 radical (unpaired) electrons. The van der Waals surface area contributed by atoms with Gasteiger partial charge in [-0.2, -0.15) is 0 Å². The first-order chi connectivity index (χ1) is 6.84. The van der Waals surface area contributed by atoms with Gasteiger partial charge >= 0.3 is 0 Å². The van der Waals surface area contributed by atoms with Gasteiger partial charge in [0.1, 0.15) is 0 Å². The summed E-state index contributed by atoms with van der Waals surface area (Å²) in [5.74, 6) is 0. The van der Waals surface area contributed by atoms with Gasteiger partial charge < -0.3 is 0 Å². The molecule has 0 heterocycles. The first-order valence-electron chi connectivity index (χ1n) is 5.17. The van der Waals surface area contributed by atoms with Crippen molar-refractivity contribution >= 4 is 6.08 Å². The molecule has 0 atom stereocenters. The summed E-state index contributed by atoms with van der Waals surface area (Å²) in [5, 5.41) is 0. The number of hydrogen-bond donors (Lipinski definition) is 0. The van der Waals surface area contributed by atoms with E-state index in [0.29, 0.717) is 0 Å². The maximum Gasteiger partial charge on any atom is -0.0231 e. The Morgan fingerprint density at radius 1 is 1.21 bits per heavy atom. The molecule has 1 aromatic carbocycles. The Morgan fingerprint density at radius 3 is 2.71 bits per heavy atom. The third-order valence-electron chi connectivity index (χ3n) is 2.26. The second-order valence-electron chi connectivity index (χ2n) is 3.48. The van der Waals surface area contributed by atoms with E-state index in [9.17, 15) is 0 Å². The number of allylic oxidation sites excluding steroid dienone is 2. The lowest BCUT2D eigenvalue weighted by Gasteiger charge is -1.98. The standard InChI is InChI=1S/C14H18/c1-3-4-5-6-7-11-14-12-9-8-10-13(14)2/h3,7-12H,1,4-6H2,2H3/b11-7+. The third-order valence-corrected chi connectivity index (χ3v) is 2.26. The number of unbranched alkanes of at least 4 members (excludes halogenated alkanes) is 2. The first kappa shape index (κ1) is 10.8. The van der Waals surface area contributed by atoms with Crippen LogP contribution >= 0.6 is 0 Å². The van der Waals surface area contributed by atoms with Crippen molar-refractivity contribution in [3.05, 3.63) is 54.1 Å². The molecule has 1 aromatic rings. The largest absolute Gasteiger partial charge is 0.103 e. The number of hydrogen-bond acceptors (Lipinski definition) is 0. The molecule has 0 spiro atoms. The van der Waals surface area contributed by atoms with Crippen LogP contribution in [0.3, 0.4) is 0 Å². The average Bonchev–Trinajstić information content (AvgIpc) is 2.20. The fraction of sp³-hybridized carbons (Fsp3) is 0.286. The van der Waals surface area contributed by atoms with Crippen LogP contribution in [0.15, 0.2) is 43.0 Å². The van der Waals surface area contributed by atoms with Gasteiger partial charge in [0.15, 0.2) is 0 Å². The van der Waals surface area contributed by atoms with E-state index in [1.807, 2.05) is 6.08 Å². The van der Waals surface area contributed by atoms with E-state index in [1.165, 1.54) is 17.5 Å². The Labute approximate surface area is 87.0 Å². The highest BCUT2D eigenvalue weighted by molar-refractivity contribution is 5.53. The summed E-state index contributed by atoms with van der Waals surface area (Å²) in [7, 11) is 0. The van der Waals surface area contributed by atoms with Crippen LogP contribution in [0.25, 0.3) is 6.08 Å². The maximum atomic E-state index is 3.71. The molecule has 0 fully saturated rings. The van der Waals surface area contributed by atoms with Crippen molar-refractivity contribution in [2.45, 2.75) is 26.2 Å². The van der Waals surface area contributed by atoms with Gasteiger partial charge in [0.25, 0.3) is 0 Å². The van der Waals surface area contributed by atoms with E-state index in [4.69, 9.17) is 0 Å². The smallest absolute Gasteiger partial charge is 0.0231 e. The van der Waals surface area contributed by atoms with Gasteiger partial charge in [0.05, 0.1) is 0 Å². The van der Waals surface area contributed by atoms with Crippen LogP contribution in [0.5, 0.6) is 0 Å². The molecule has 0 aliphatic carbocycles. The normalized spacial score (nSPS) is 10.6. The zero-order valence-corrected chi connectivity index (χ0v) is 8.87. The van der Waals surface area contributed by atoms with E-state index in [-0.39, 0.29) is 0 Å². The predicted octanol–water partition coefficient (Wildman–Crippen LogP) is 4.36. The Morgan fingerprint density at radius 2 is 2.00 bits per heavy atom. The SMILES string of the molecule is C=CCCC/C=C/c1ccccc1C. The van der Waals surface area contributed by atoms with E-state index in [2.05, 4.69) is 49.9 Å². The number of rotatable bonds is 5. The minimum absolute atomic E-state index is 1.11. The number of benzene rings is 1. The lowest BCUT2D eigenvalue weighted by atomic mass is 10.1. The van der Waals surface area contributed by atoms with Crippen LogP contribution < -0.4 is 0 Å². The van der Waals surface area contributed by atoms with Crippen molar-refractivity contribution in [2.24, 2.45) is 0 Å². The number of aryl methyl sites for hydroxylation is 1. The van der Waals surface area contributed by atoms with E-state index < -0.39 is 0 Å².